The van der Waals surface area contributed by atoms with Gasteiger partial charge in [-0.2, -0.15) is 17.8 Å². The maximum absolute atomic E-state index is 11.7. The molecule has 8 nitrogen and oxygen atoms in total. The molecule has 0 aromatic carbocycles. The van der Waals surface area contributed by atoms with Gasteiger partial charge in [0.05, 0.1) is 44.3 Å². The summed E-state index contributed by atoms with van der Waals surface area (Å²) in [7, 11) is -3.75. The Bertz CT molecular complexity index is 385. The van der Waals surface area contributed by atoms with Gasteiger partial charge in [-0.1, -0.05) is 26.7 Å². The molecule has 0 saturated heterocycles. The van der Waals surface area contributed by atoms with Gasteiger partial charge in [0.25, 0.3) is 10.1 Å². The Hall–Kier alpha value is -0.290. The maximum atomic E-state index is 11.7. The summed E-state index contributed by atoms with van der Waals surface area (Å²) in [6, 6.07) is 0. The topological polar surface area (TPSA) is 106 Å². The van der Waals surface area contributed by atoms with Crippen LogP contribution in [0.1, 0.15) is 46.5 Å². The van der Waals surface area contributed by atoms with Gasteiger partial charge in [0, 0.05) is 13.2 Å². The first-order valence-electron chi connectivity index (χ1n) is 9.03. The van der Waals surface area contributed by atoms with Crippen molar-refractivity contribution in [2.24, 2.45) is 0 Å². The first kappa shape index (κ1) is 24.7. The van der Waals surface area contributed by atoms with E-state index in [0.29, 0.717) is 13.2 Å². The van der Waals surface area contributed by atoms with Crippen LogP contribution in [0.2, 0.25) is 0 Å². The minimum atomic E-state index is -3.75. The SMILES string of the molecule is CCCCOCC(O)CN(CC(O)COCCCC)OS(=O)(=O)CC. The fourth-order valence-electron chi connectivity index (χ4n) is 1.86. The summed E-state index contributed by atoms with van der Waals surface area (Å²) in [4.78, 5) is 0. The lowest BCUT2D eigenvalue weighted by Gasteiger charge is -2.25. The van der Waals surface area contributed by atoms with Crippen LogP contribution in [0.3, 0.4) is 0 Å². The lowest BCUT2D eigenvalue weighted by molar-refractivity contribution is -0.118. The molecule has 0 aliphatic rings. The van der Waals surface area contributed by atoms with Crippen molar-refractivity contribution in [3.05, 3.63) is 0 Å². The minimum Gasteiger partial charge on any atom is -0.389 e. The lowest BCUT2D eigenvalue weighted by Crippen LogP contribution is -2.42. The number of hydroxylamine groups is 2. The highest BCUT2D eigenvalue weighted by Gasteiger charge is 2.22. The van der Waals surface area contributed by atoms with Gasteiger partial charge in [-0.15, -0.1) is 0 Å². The second-order valence-electron chi connectivity index (χ2n) is 5.93. The average molecular weight is 386 g/mol. The maximum Gasteiger partial charge on any atom is 0.283 e. The second-order valence-corrected chi connectivity index (χ2v) is 7.77. The van der Waals surface area contributed by atoms with E-state index in [9.17, 15) is 18.6 Å². The number of hydrogen-bond acceptors (Lipinski definition) is 8. The third-order valence-corrected chi connectivity index (χ3v) is 4.45. The van der Waals surface area contributed by atoms with E-state index < -0.39 is 22.3 Å². The number of aliphatic hydroxyl groups excluding tert-OH is 2. The summed E-state index contributed by atoms with van der Waals surface area (Å²) >= 11 is 0. The molecular weight excluding hydrogens is 350 g/mol. The van der Waals surface area contributed by atoms with Crippen LogP contribution >= 0.6 is 0 Å². The van der Waals surface area contributed by atoms with Crippen LogP contribution in [-0.2, 0) is 23.9 Å². The molecule has 0 aromatic heterocycles. The second kappa shape index (κ2) is 14.8. The zero-order chi connectivity index (χ0) is 19.1. The fraction of sp³-hybridized carbons (Fsp3) is 1.00. The van der Waals surface area contributed by atoms with E-state index >= 15 is 0 Å². The highest BCUT2D eigenvalue weighted by atomic mass is 32.2. The zero-order valence-electron chi connectivity index (χ0n) is 15.7. The summed E-state index contributed by atoms with van der Waals surface area (Å²) in [5.74, 6) is -0.199. The van der Waals surface area contributed by atoms with E-state index in [0.717, 1.165) is 30.7 Å². The minimum absolute atomic E-state index is 0.0785. The van der Waals surface area contributed by atoms with Crippen molar-refractivity contribution in [2.75, 3.05) is 45.3 Å². The van der Waals surface area contributed by atoms with Crippen LogP contribution in [0.25, 0.3) is 0 Å². The molecule has 2 unspecified atom stereocenters. The predicted octanol–water partition coefficient (Wildman–Crippen LogP) is 0.925. The van der Waals surface area contributed by atoms with Crippen LogP contribution in [0, 0.1) is 0 Å². The standard InChI is InChI=1S/C16H35NO7S/c1-4-7-9-22-13-15(18)11-17(24-25(20,21)6-3)12-16(19)14-23-10-8-5-2/h15-16,18-19H,4-14H2,1-3H3. The zero-order valence-corrected chi connectivity index (χ0v) is 16.5. The summed E-state index contributed by atoms with van der Waals surface area (Å²) in [5.41, 5.74) is 0. The quantitative estimate of drug-likeness (QED) is 0.281. The van der Waals surface area contributed by atoms with Crippen molar-refractivity contribution in [3.63, 3.8) is 0 Å². The summed E-state index contributed by atoms with van der Waals surface area (Å²) in [6.45, 7) is 6.59. The highest BCUT2D eigenvalue weighted by Crippen LogP contribution is 2.05. The molecule has 9 heteroatoms. The van der Waals surface area contributed by atoms with Crippen LogP contribution in [-0.4, -0.2) is 81.2 Å². The van der Waals surface area contributed by atoms with Crippen molar-refractivity contribution in [2.45, 2.75) is 58.7 Å². The molecule has 152 valence electrons. The fourth-order valence-corrected chi connectivity index (χ4v) is 2.40. The molecule has 0 heterocycles. The van der Waals surface area contributed by atoms with Crippen LogP contribution in [0.15, 0.2) is 0 Å². The number of rotatable bonds is 17. The molecule has 2 atom stereocenters. The summed E-state index contributed by atoms with van der Waals surface area (Å²) in [6.07, 6.45) is 1.93. The molecule has 0 bridgehead atoms. The first-order chi connectivity index (χ1) is 11.8. The third kappa shape index (κ3) is 14.6. The van der Waals surface area contributed by atoms with Crippen LogP contribution in [0.4, 0.5) is 0 Å². The van der Waals surface area contributed by atoms with Gasteiger partial charge in [0.2, 0.25) is 0 Å². The summed E-state index contributed by atoms with van der Waals surface area (Å²) in [5, 5.41) is 21.0. The van der Waals surface area contributed by atoms with Gasteiger partial charge in [-0.05, 0) is 19.8 Å². The molecule has 0 aliphatic heterocycles. The molecule has 0 aliphatic carbocycles. The monoisotopic (exact) mass is 385 g/mol. The van der Waals surface area contributed by atoms with E-state index in [1.807, 2.05) is 13.8 Å². The Labute approximate surface area is 152 Å². The summed E-state index contributed by atoms with van der Waals surface area (Å²) < 4.78 is 39.0. The number of aliphatic hydroxyl groups is 2. The van der Waals surface area contributed by atoms with Crippen molar-refractivity contribution in [3.8, 4) is 0 Å². The number of hydrogen-bond donors (Lipinski definition) is 2. The van der Waals surface area contributed by atoms with E-state index in [1.54, 1.807) is 0 Å². The third-order valence-electron chi connectivity index (χ3n) is 3.31. The van der Waals surface area contributed by atoms with Crippen molar-refractivity contribution in [1.82, 2.24) is 5.06 Å². The molecular formula is C16H35NO7S. The van der Waals surface area contributed by atoms with Crippen molar-refractivity contribution >= 4 is 10.1 Å². The lowest BCUT2D eigenvalue weighted by atomic mass is 10.3. The number of ether oxygens (including phenoxy) is 2. The van der Waals surface area contributed by atoms with Gasteiger partial charge in [-0.25, -0.2) is 0 Å². The van der Waals surface area contributed by atoms with E-state index in [2.05, 4.69) is 0 Å². The molecule has 0 aromatic rings. The molecule has 2 N–H and O–H groups in total. The van der Waals surface area contributed by atoms with Crippen LogP contribution < -0.4 is 0 Å². The van der Waals surface area contributed by atoms with Gasteiger partial charge < -0.3 is 19.7 Å². The van der Waals surface area contributed by atoms with Crippen molar-refractivity contribution < 1.29 is 32.4 Å². The highest BCUT2D eigenvalue weighted by molar-refractivity contribution is 7.86. The molecule has 0 rings (SSSR count). The van der Waals surface area contributed by atoms with Gasteiger partial charge in [-0.3, -0.25) is 0 Å². The Balaban J connectivity index is 4.44. The smallest absolute Gasteiger partial charge is 0.283 e. The normalized spacial score (nSPS) is 14.8. The predicted molar refractivity (Wildman–Crippen MR) is 95.6 cm³/mol. The Morgan fingerprint density at radius 1 is 0.880 bits per heavy atom. The van der Waals surface area contributed by atoms with Gasteiger partial charge >= 0.3 is 0 Å². The number of nitrogens with zero attached hydrogens (tertiary/aromatic N) is 1. The van der Waals surface area contributed by atoms with E-state index in [4.69, 9.17) is 13.8 Å². The van der Waals surface area contributed by atoms with Gasteiger partial charge in [0.1, 0.15) is 0 Å². The van der Waals surface area contributed by atoms with E-state index in [1.165, 1.54) is 6.92 Å². The molecule has 0 fully saturated rings. The molecule has 0 spiro atoms. The largest absolute Gasteiger partial charge is 0.389 e. The van der Waals surface area contributed by atoms with E-state index in [-0.39, 0.29) is 32.1 Å². The number of unbranched alkanes of at least 4 members (excludes halogenated alkanes) is 2. The average Bonchev–Trinajstić information content (AvgIpc) is 2.55. The Morgan fingerprint density at radius 2 is 1.32 bits per heavy atom. The van der Waals surface area contributed by atoms with Gasteiger partial charge in [0.15, 0.2) is 0 Å². The first-order valence-corrected chi connectivity index (χ1v) is 10.6. The Morgan fingerprint density at radius 3 is 1.68 bits per heavy atom. The van der Waals surface area contributed by atoms with Crippen LogP contribution in [0.5, 0.6) is 0 Å². The van der Waals surface area contributed by atoms with Crippen molar-refractivity contribution in [1.29, 1.82) is 0 Å². The Kier molecular flexibility index (Phi) is 14.7. The molecule has 0 amide bonds. The molecule has 25 heavy (non-hydrogen) atoms. The molecule has 0 saturated carbocycles. The molecule has 0 radical (unpaired) electrons.